The minimum atomic E-state index is 0.302. The first-order valence-electron chi connectivity index (χ1n) is 8.00. The van der Waals surface area contributed by atoms with Crippen molar-refractivity contribution >= 4 is 11.6 Å². The third kappa shape index (κ3) is 4.09. The second-order valence-electron chi connectivity index (χ2n) is 5.41. The summed E-state index contributed by atoms with van der Waals surface area (Å²) >= 11 is 0. The smallest absolute Gasteiger partial charge is 0.280 e. The van der Waals surface area contributed by atoms with E-state index < -0.39 is 0 Å². The minimum Gasteiger partial charge on any atom is -0.489 e. The standard InChI is InChI=1S/C19H20N2O4/c1-14-7-3-6-10-17(14)24-13-15-8-4-5-9-16(15)18(20-22-2)19-21-25-12-11-23-19/h3-10H,11-13H2,1-2H3/b20-18-. The molecule has 0 aliphatic carbocycles. The van der Waals surface area contributed by atoms with E-state index in [0.29, 0.717) is 31.4 Å². The summed E-state index contributed by atoms with van der Waals surface area (Å²) in [4.78, 5) is 10.1. The summed E-state index contributed by atoms with van der Waals surface area (Å²) in [6.07, 6.45) is 0. The number of ether oxygens (including phenoxy) is 2. The number of benzene rings is 2. The Labute approximate surface area is 146 Å². The van der Waals surface area contributed by atoms with Gasteiger partial charge in [-0.15, -0.1) is 0 Å². The van der Waals surface area contributed by atoms with Crippen LogP contribution < -0.4 is 4.74 Å². The fourth-order valence-corrected chi connectivity index (χ4v) is 2.46. The van der Waals surface area contributed by atoms with Gasteiger partial charge in [0, 0.05) is 5.56 Å². The van der Waals surface area contributed by atoms with Gasteiger partial charge in [-0.3, -0.25) is 0 Å². The van der Waals surface area contributed by atoms with Crippen LogP contribution in [0, 0.1) is 6.92 Å². The molecule has 1 aliphatic rings. The molecule has 0 aromatic heterocycles. The maximum absolute atomic E-state index is 5.97. The second-order valence-corrected chi connectivity index (χ2v) is 5.41. The summed E-state index contributed by atoms with van der Waals surface area (Å²) in [5.41, 5.74) is 3.32. The Morgan fingerprint density at radius 1 is 1.12 bits per heavy atom. The van der Waals surface area contributed by atoms with E-state index in [1.54, 1.807) is 0 Å². The first-order chi connectivity index (χ1) is 12.3. The lowest BCUT2D eigenvalue weighted by Crippen LogP contribution is -2.26. The zero-order chi connectivity index (χ0) is 17.5. The monoisotopic (exact) mass is 340 g/mol. The fraction of sp³-hybridized carbons (Fsp3) is 0.263. The first-order valence-corrected chi connectivity index (χ1v) is 8.00. The molecule has 3 rings (SSSR count). The molecular weight excluding hydrogens is 320 g/mol. The zero-order valence-corrected chi connectivity index (χ0v) is 14.3. The van der Waals surface area contributed by atoms with E-state index in [1.807, 2.05) is 55.5 Å². The van der Waals surface area contributed by atoms with Crippen molar-refractivity contribution in [2.75, 3.05) is 20.3 Å². The topological polar surface area (TPSA) is 61.6 Å². The lowest BCUT2D eigenvalue weighted by Gasteiger charge is -2.17. The summed E-state index contributed by atoms with van der Waals surface area (Å²) < 4.78 is 11.5. The molecule has 0 radical (unpaired) electrons. The van der Waals surface area contributed by atoms with Gasteiger partial charge in [-0.05, 0) is 29.3 Å². The third-order valence-corrected chi connectivity index (χ3v) is 3.70. The van der Waals surface area contributed by atoms with E-state index in [2.05, 4.69) is 10.3 Å². The highest BCUT2D eigenvalue weighted by Gasteiger charge is 2.21. The minimum absolute atomic E-state index is 0.302. The highest BCUT2D eigenvalue weighted by molar-refractivity contribution is 6.45. The van der Waals surface area contributed by atoms with Gasteiger partial charge in [0.15, 0.2) is 12.3 Å². The quantitative estimate of drug-likeness (QED) is 0.598. The van der Waals surface area contributed by atoms with Crippen molar-refractivity contribution in [3.8, 4) is 5.75 Å². The van der Waals surface area contributed by atoms with Crippen molar-refractivity contribution in [1.82, 2.24) is 0 Å². The predicted octanol–water partition coefficient (Wildman–Crippen LogP) is 3.28. The van der Waals surface area contributed by atoms with Crippen LogP contribution in [0.4, 0.5) is 0 Å². The van der Waals surface area contributed by atoms with Crippen LogP contribution in [0.5, 0.6) is 5.75 Å². The Bertz CT molecular complexity index is 786. The predicted molar refractivity (Wildman–Crippen MR) is 94.8 cm³/mol. The molecular formula is C19H20N2O4. The van der Waals surface area contributed by atoms with Crippen LogP contribution in [0.3, 0.4) is 0 Å². The summed E-state index contributed by atoms with van der Waals surface area (Å²) in [5, 5.41) is 8.02. The van der Waals surface area contributed by atoms with Crippen molar-refractivity contribution < 1.29 is 19.1 Å². The molecule has 0 saturated heterocycles. The molecule has 6 nitrogen and oxygen atoms in total. The molecule has 0 amide bonds. The van der Waals surface area contributed by atoms with Gasteiger partial charge in [-0.2, -0.15) is 0 Å². The first kappa shape index (κ1) is 16.8. The largest absolute Gasteiger partial charge is 0.489 e. The summed E-state index contributed by atoms with van der Waals surface area (Å²) in [6, 6.07) is 15.7. The number of oxime groups is 2. The molecule has 0 fully saturated rings. The normalized spacial score (nSPS) is 14.2. The molecule has 0 N–H and O–H groups in total. The average Bonchev–Trinajstić information content (AvgIpc) is 2.66. The van der Waals surface area contributed by atoms with Gasteiger partial charge in [0.25, 0.3) is 5.90 Å². The van der Waals surface area contributed by atoms with Gasteiger partial charge < -0.3 is 19.1 Å². The van der Waals surface area contributed by atoms with Crippen molar-refractivity contribution in [3.63, 3.8) is 0 Å². The molecule has 0 spiro atoms. The molecule has 25 heavy (non-hydrogen) atoms. The maximum atomic E-state index is 5.97. The van der Waals surface area contributed by atoms with Crippen molar-refractivity contribution in [2.45, 2.75) is 13.5 Å². The van der Waals surface area contributed by atoms with Gasteiger partial charge in [0.05, 0.1) is 0 Å². The molecule has 2 aromatic rings. The van der Waals surface area contributed by atoms with E-state index in [-0.39, 0.29) is 0 Å². The van der Waals surface area contributed by atoms with E-state index in [1.165, 1.54) is 7.11 Å². The van der Waals surface area contributed by atoms with Crippen molar-refractivity contribution in [2.24, 2.45) is 10.3 Å². The molecule has 0 bridgehead atoms. The van der Waals surface area contributed by atoms with Crippen LogP contribution in [0.25, 0.3) is 0 Å². The Balaban J connectivity index is 1.87. The van der Waals surface area contributed by atoms with Gasteiger partial charge in [0.2, 0.25) is 0 Å². The number of para-hydroxylation sites is 1. The average molecular weight is 340 g/mol. The molecule has 0 saturated carbocycles. The Kier molecular flexibility index (Phi) is 5.51. The van der Waals surface area contributed by atoms with Crippen molar-refractivity contribution in [1.29, 1.82) is 0 Å². The molecule has 130 valence electrons. The highest BCUT2D eigenvalue weighted by Crippen LogP contribution is 2.20. The van der Waals surface area contributed by atoms with Crippen LogP contribution in [-0.2, 0) is 21.0 Å². The second kappa shape index (κ2) is 8.19. The number of hydrogen-bond donors (Lipinski definition) is 0. The van der Waals surface area contributed by atoms with Crippen LogP contribution in [0.2, 0.25) is 0 Å². The highest BCUT2D eigenvalue weighted by atomic mass is 16.7. The van der Waals surface area contributed by atoms with E-state index in [9.17, 15) is 0 Å². The Hall–Kier alpha value is -3.02. The Morgan fingerprint density at radius 3 is 2.68 bits per heavy atom. The third-order valence-electron chi connectivity index (χ3n) is 3.70. The summed E-state index contributed by atoms with van der Waals surface area (Å²) in [5.74, 6) is 1.15. The molecule has 1 heterocycles. The fourth-order valence-electron chi connectivity index (χ4n) is 2.46. The zero-order valence-electron chi connectivity index (χ0n) is 14.3. The number of hydrogen-bond acceptors (Lipinski definition) is 6. The lowest BCUT2D eigenvalue weighted by atomic mass is 10.0. The molecule has 6 heteroatoms. The molecule has 0 atom stereocenters. The van der Waals surface area contributed by atoms with Crippen LogP contribution >= 0.6 is 0 Å². The maximum Gasteiger partial charge on any atom is 0.280 e. The summed E-state index contributed by atoms with van der Waals surface area (Å²) in [6.45, 7) is 3.24. The number of aryl methyl sites for hydroxylation is 1. The molecule has 0 unspecified atom stereocenters. The van der Waals surface area contributed by atoms with Gasteiger partial charge in [-0.1, -0.05) is 47.6 Å². The van der Waals surface area contributed by atoms with E-state index >= 15 is 0 Å². The van der Waals surface area contributed by atoms with E-state index in [4.69, 9.17) is 19.1 Å². The van der Waals surface area contributed by atoms with Crippen LogP contribution in [-0.4, -0.2) is 31.9 Å². The number of rotatable bonds is 6. The Morgan fingerprint density at radius 2 is 1.92 bits per heavy atom. The number of nitrogens with zero attached hydrogens (tertiary/aromatic N) is 2. The lowest BCUT2D eigenvalue weighted by molar-refractivity contribution is 0.0672. The van der Waals surface area contributed by atoms with Gasteiger partial charge >= 0.3 is 0 Å². The van der Waals surface area contributed by atoms with E-state index in [0.717, 1.165) is 22.4 Å². The van der Waals surface area contributed by atoms with Crippen LogP contribution in [0.15, 0.2) is 58.8 Å². The summed E-state index contributed by atoms with van der Waals surface area (Å²) in [7, 11) is 1.48. The molecule has 1 aliphatic heterocycles. The van der Waals surface area contributed by atoms with Crippen molar-refractivity contribution in [3.05, 3.63) is 65.2 Å². The van der Waals surface area contributed by atoms with Gasteiger partial charge in [0.1, 0.15) is 26.1 Å². The molecule has 2 aromatic carbocycles. The SMILES string of the molecule is CO/N=C(\C1=NOCCO1)c1ccccc1COc1ccccc1C. The van der Waals surface area contributed by atoms with Crippen LogP contribution in [0.1, 0.15) is 16.7 Å². The van der Waals surface area contributed by atoms with Gasteiger partial charge in [-0.25, -0.2) is 0 Å².